The molecule has 4 nitrogen and oxygen atoms in total. The average molecular weight is 251 g/mol. The van der Waals surface area contributed by atoms with E-state index in [2.05, 4.69) is 13.8 Å². The number of nitrogens with zero attached hydrogens (tertiary/aromatic N) is 1. The highest BCUT2D eigenvalue weighted by Gasteiger charge is 2.19. The van der Waals surface area contributed by atoms with E-state index < -0.39 is 0 Å². The molecule has 0 bridgehead atoms. The summed E-state index contributed by atoms with van der Waals surface area (Å²) < 4.78 is 5.07. The van der Waals surface area contributed by atoms with E-state index in [1.807, 2.05) is 6.92 Å². The van der Waals surface area contributed by atoms with Gasteiger partial charge in [0.05, 0.1) is 12.7 Å². The van der Waals surface area contributed by atoms with E-state index in [1.54, 1.807) is 17.0 Å². The molecular formula is C14H21NO3. The molecule has 1 rings (SSSR count). The number of phenolic OH excluding ortho intramolecular Hbond substituents is 1. The van der Waals surface area contributed by atoms with Gasteiger partial charge in [0.1, 0.15) is 11.5 Å². The van der Waals surface area contributed by atoms with Crippen molar-refractivity contribution in [2.45, 2.75) is 20.8 Å². The SMILES string of the molecule is CCN(CC(C)C)C(=O)c1cc(OC)ccc1O. The summed E-state index contributed by atoms with van der Waals surface area (Å²) in [5.41, 5.74) is 0.289. The van der Waals surface area contributed by atoms with Crippen molar-refractivity contribution in [2.75, 3.05) is 20.2 Å². The van der Waals surface area contributed by atoms with Crippen LogP contribution in [0.15, 0.2) is 18.2 Å². The van der Waals surface area contributed by atoms with Crippen LogP contribution in [0, 0.1) is 5.92 Å². The van der Waals surface area contributed by atoms with Crippen molar-refractivity contribution in [3.8, 4) is 11.5 Å². The minimum Gasteiger partial charge on any atom is -0.507 e. The van der Waals surface area contributed by atoms with Gasteiger partial charge < -0.3 is 14.7 Å². The lowest BCUT2D eigenvalue weighted by Crippen LogP contribution is -2.34. The normalized spacial score (nSPS) is 10.5. The van der Waals surface area contributed by atoms with Gasteiger partial charge >= 0.3 is 0 Å². The van der Waals surface area contributed by atoms with Crippen LogP contribution in [0.3, 0.4) is 0 Å². The molecule has 0 aliphatic carbocycles. The molecule has 18 heavy (non-hydrogen) atoms. The molecule has 1 amide bonds. The summed E-state index contributed by atoms with van der Waals surface area (Å²) in [4.78, 5) is 14.0. The molecule has 0 fully saturated rings. The topological polar surface area (TPSA) is 49.8 Å². The molecule has 0 heterocycles. The Hall–Kier alpha value is -1.71. The molecule has 0 saturated carbocycles. The summed E-state index contributed by atoms with van der Waals surface area (Å²) in [5, 5.41) is 9.78. The Kier molecular flexibility index (Phi) is 5.01. The maximum absolute atomic E-state index is 12.3. The van der Waals surface area contributed by atoms with Crippen molar-refractivity contribution in [3.63, 3.8) is 0 Å². The van der Waals surface area contributed by atoms with Gasteiger partial charge in [0.15, 0.2) is 0 Å². The Labute approximate surface area is 108 Å². The number of phenols is 1. The minimum atomic E-state index is -0.164. The summed E-state index contributed by atoms with van der Waals surface area (Å²) in [6, 6.07) is 4.68. The third kappa shape index (κ3) is 3.39. The molecule has 1 aromatic carbocycles. The summed E-state index contributed by atoms with van der Waals surface area (Å²) in [5.74, 6) is 0.781. The highest BCUT2D eigenvalue weighted by molar-refractivity contribution is 5.97. The molecule has 4 heteroatoms. The average Bonchev–Trinajstić information content (AvgIpc) is 2.35. The van der Waals surface area contributed by atoms with Crippen LogP contribution in [0.1, 0.15) is 31.1 Å². The van der Waals surface area contributed by atoms with Gasteiger partial charge in [0, 0.05) is 13.1 Å². The molecule has 100 valence electrons. The first-order chi connectivity index (χ1) is 8.49. The fourth-order valence-electron chi connectivity index (χ4n) is 1.78. The standard InChI is InChI=1S/C14H21NO3/c1-5-15(9-10(2)3)14(17)12-8-11(18-4)6-7-13(12)16/h6-8,10,16H,5,9H2,1-4H3. The quantitative estimate of drug-likeness (QED) is 0.874. The number of carbonyl (C=O) groups is 1. The molecule has 1 N–H and O–H groups in total. The van der Waals surface area contributed by atoms with E-state index in [0.29, 0.717) is 24.8 Å². The second-order valence-electron chi connectivity index (χ2n) is 4.62. The second kappa shape index (κ2) is 6.28. The van der Waals surface area contributed by atoms with E-state index in [-0.39, 0.29) is 17.2 Å². The van der Waals surface area contributed by atoms with E-state index in [0.717, 1.165) is 0 Å². The molecule has 0 aliphatic heterocycles. The summed E-state index contributed by atoms with van der Waals surface area (Å²) in [6.45, 7) is 7.33. The number of hydrogen-bond acceptors (Lipinski definition) is 3. The van der Waals surface area contributed by atoms with Crippen LogP contribution in [-0.4, -0.2) is 36.1 Å². The van der Waals surface area contributed by atoms with Crippen molar-refractivity contribution in [2.24, 2.45) is 5.92 Å². The van der Waals surface area contributed by atoms with Gasteiger partial charge in [0.2, 0.25) is 0 Å². The zero-order valence-corrected chi connectivity index (χ0v) is 11.4. The molecule has 0 unspecified atom stereocenters. The van der Waals surface area contributed by atoms with Crippen molar-refractivity contribution in [1.82, 2.24) is 4.90 Å². The Morgan fingerprint density at radius 3 is 2.61 bits per heavy atom. The van der Waals surface area contributed by atoms with Gasteiger partial charge in [-0.1, -0.05) is 13.8 Å². The monoisotopic (exact) mass is 251 g/mol. The first-order valence-electron chi connectivity index (χ1n) is 6.15. The van der Waals surface area contributed by atoms with E-state index in [1.165, 1.54) is 13.2 Å². The van der Waals surface area contributed by atoms with Crippen molar-refractivity contribution in [1.29, 1.82) is 0 Å². The van der Waals surface area contributed by atoms with Gasteiger partial charge in [-0.3, -0.25) is 4.79 Å². The number of ether oxygens (including phenoxy) is 1. The zero-order chi connectivity index (χ0) is 13.7. The highest BCUT2D eigenvalue weighted by atomic mass is 16.5. The van der Waals surface area contributed by atoms with Crippen LogP contribution in [0.25, 0.3) is 0 Å². The molecule has 0 saturated heterocycles. The Balaban J connectivity index is 3.00. The first-order valence-corrected chi connectivity index (χ1v) is 6.15. The van der Waals surface area contributed by atoms with E-state index in [9.17, 15) is 9.90 Å². The Morgan fingerprint density at radius 2 is 2.11 bits per heavy atom. The summed E-state index contributed by atoms with van der Waals surface area (Å²) in [6.07, 6.45) is 0. The van der Waals surface area contributed by atoms with Crippen molar-refractivity contribution >= 4 is 5.91 Å². The molecule has 0 radical (unpaired) electrons. The number of aromatic hydroxyl groups is 1. The molecule has 0 spiro atoms. The van der Waals surface area contributed by atoms with Crippen LogP contribution in [0.4, 0.5) is 0 Å². The smallest absolute Gasteiger partial charge is 0.257 e. The number of methoxy groups -OCH3 is 1. The highest BCUT2D eigenvalue weighted by Crippen LogP contribution is 2.24. The predicted octanol–water partition coefficient (Wildman–Crippen LogP) is 2.52. The van der Waals surface area contributed by atoms with Crippen molar-refractivity contribution < 1.29 is 14.6 Å². The maximum Gasteiger partial charge on any atom is 0.257 e. The minimum absolute atomic E-state index is 0.0111. The Morgan fingerprint density at radius 1 is 1.44 bits per heavy atom. The first kappa shape index (κ1) is 14.4. The lowest BCUT2D eigenvalue weighted by atomic mass is 10.1. The van der Waals surface area contributed by atoms with E-state index in [4.69, 9.17) is 4.74 Å². The Bertz CT molecular complexity index is 416. The van der Waals surface area contributed by atoms with Gasteiger partial charge in [-0.25, -0.2) is 0 Å². The molecular weight excluding hydrogens is 230 g/mol. The molecule has 0 atom stereocenters. The number of amides is 1. The predicted molar refractivity (Wildman–Crippen MR) is 71.1 cm³/mol. The largest absolute Gasteiger partial charge is 0.507 e. The number of carbonyl (C=O) groups excluding carboxylic acids is 1. The van der Waals surface area contributed by atoms with Gasteiger partial charge in [-0.15, -0.1) is 0 Å². The molecule has 0 aromatic heterocycles. The van der Waals surface area contributed by atoms with Gasteiger partial charge in [-0.05, 0) is 31.0 Å². The zero-order valence-electron chi connectivity index (χ0n) is 11.4. The maximum atomic E-state index is 12.3. The summed E-state index contributed by atoms with van der Waals surface area (Å²) >= 11 is 0. The van der Waals surface area contributed by atoms with Crippen LogP contribution < -0.4 is 4.74 Å². The number of rotatable bonds is 5. The lowest BCUT2D eigenvalue weighted by Gasteiger charge is -2.23. The summed E-state index contributed by atoms with van der Waals surface area (Å²) in [7, 11) is 1.53. The molecule has 0 aliphatic rings. The second-order valence-corrected chi connectivity index (χ2v) is 4.62. The van der Waals surface area contributed by atoms with Crippen molar-refractivity contribution in [3.05, 3.63) is 23.8 Å². The van der Waals surface area contributed by atoms with Crippen LogP contribution >= 0.6 is 0 Å². The lowest BCUT2D eigenvalue weighted by molar-refractivity contribution is 0.0742. The van der Waals surface area contributed by atoms with Crippen LogP contribution in [0.2, 0.25) is 0 Å². The van der Waals surface area contributed by atoms with Gasteiger partial charge in [-0.2, -0.15) is 0 Å². The van der Waals surface area contributed by atoms with Gasteiger partial charge in [0.25, 0.3) is 5.91 Å². The number of benzene rings is 1. The third-order valence-electron chi connectivity index (χ3n) is 2.69. The third-order valence-corrected chi connectivity index (χ3v) is 2.69. The van der Waals surface area contributed by atoms with E-state index >= 15 is 0 Å². The van der Waals surface area contributed by atoms with Crippen LogP contribution in [-0.2, 0) is 0 Å². The van der Waals surface area contributed by atoms with Crippen LogP contribution in [0.5, 0.6) is 11.5 Å². The fraction of sp³-hybridized carbons (Fsp3) is 0.500. The number of hydrogen-bond donors (Lipinski definition) is 1. The fourth-order valence-corrected chi connectivity index (χ4v) is 1.78. The molecule has 1 aromatic rings.